The third-order valence-electron chi connectivity index (χ3n) is 2.26. The van der Waals surface area contributed by atoms with Crippen molar-refractivity contribution in [2.45, 2.75) is 25.5 Å². The van der Waals surface area contributed by atoms with Gasteiger partial charge in [0.05, 0.1) is 12.1 Å². The van der Waals surface area contributed by atoms with Gasteiger partial charge in [-0.3, -0.25) is 0 Å². The van der Waals surface area contributed by atoms with E-state index in [1.54, 1.807) is 13.3 Å². The van der Waals surface area contributed by atoms with Crippen LogP contribution in [0.2, 0.25) is 0 Å². The molecular weight excluding hydrogens is 166 g/mol. The first-order valence-corrected chi connectivity index (χ1v) is 4.46. The Morgan fingerprint density at radius 2 is 2.38 bits per heavy atom. The number of hydrogen-bond donors (Lipinski definition) is 1. The van der Waals surface area contributed by atoms with Crippen LogP contribution in [0.3, 0.4) is 0 Å². The van der Waals surface area contributed by atoms with Crippen molar-refractivity contribution in [3.8, 4) is 0 Å². The molecule has 13 heavy (non-hydrogen) atoms. The van der Waals surface area contributed by atoms with Gasteiger partial charge in [-0.05, 0) is 6.42 Å². The van der Waals surface area contributed by atoms with E-state index in [2.05, 4.69) is 11.9 Å². The minimum absolute atomic E-state index is 0.0427. The lowest BCUT2D eigenvalue weighted by Gasteiger charge is -2.20. The van der Waals surface area contributed by atoms with Crippen LogP contribution in [0, 0.1) is 0 Å². The molecule has 0 aromatic carbocycles. The first kappa shape index (κ1) is 10.2. The molecule has 0 fully saturated rings. The lowest BCUT2D eigenvalue weighted by Crippen LogP contribution is -2.29. The molecule has 0 spiro atoms. The van der Waals surface area contributed by atoms with E-state index in [1.807, 2.05) is 17.8 Å². The van der Waals surface area contributed by atoms with Gasteiger partial charge in [0.25, 0.3) is 0 Å². The van der Waals surface area contributed by atoms with Crippen molar-refractivity contribution >= 4 is 0 Å². The minimum atomic E-state index is -0.144. The molecule has 0 aliphatic carbocycles. The molecule has 1 rings (SSSR count). The maximum Gasteiger partial charge on any atom is 0.128 e. The largest absolute Gasteiger partial charge is 0.379 e. The van der Waals surface area contributed by atoms with Crippen LogP contribution in [0.4, 0.5) is 0 Å². The molecule has 0 bridgehead atoms. The standard InChI is InChI=1S/C9H17N3O/c1-4-7(13-3)8(10)9-11-5-6-12(9)2/h5-8H,4,10H2,1-3H3. The molecule has 0 saturated carbocycles. The van der Waals surface area contributed by atoms with Gasteiger partial charge in [0.1, 0.15) is 5.82 Å². The molecule has 4 heteroatoms. The van der Waals surface area contributed by atoms with Gasteiger partial charge in [-0.1, -0.05) is 6.92 Å². The number of nitrogens with zero attached hydrogens (tertiary/aromatic N) is 2. The predicted octanol–water partition coefficient (Wildman–Crippen LogP) is 0.845. The van der Waals surface area contributed by atoms with E-state index in [0.29, 0.717) is 0 Å². The molecule has 0 amide bonds. The fourth-order valence-electron chi connectivity index (χ4n) is 1.43. The van der Waals surface area contributed by atoms with Crippen LogP contribution >= 0.6 is 0 Å². The normalized spacial score (nSPS) is 15.7. The number of imidazole rings is 1. The molecule has 4 nitrogen and oxygen atoms in total. The molecule has 1 aromatic heterocycles. The molecule has 0 saturated heterocycles. The highest BCUT2D eigenvalue weighted by Gasteiger charge is 2.20. The summed E-state index contributed by atoms with van der Waals surface area (Å²) in [6.07, 6.45) is 4.57. The third kappa shape index (κ3) is 2.08. The van der Waals surface area contributed by atoms with E-state index >= 15 is 0 Å². The van der Waals surface area contributed by atoms with E-state index < -0.39 is 0 Å². The van der Waals surface area contributed by atoms with Gasteiger partial charge in [-0.15, -0.1) is 0 Å². The number of aryl methyl sites for hydroxylation is 1. The predicted molar refractivity (Wildman–Crippen MR) is 51.2 cm³/mol. The van der Waals surface area contributed by atoms with Crippen molar-refractivity contribution in [3.63, 3.8) is 0 Å². The quantitative estimate of drug-likeness (QED) is 0.752. The molecule has 74 valence electrons. The van der Waals surface area contributed by atoms with Crippen molar-refractivity contribution < 1.29 is 4.74 Å². The maximum absolute atomic E-state index is 6.00. The Hall–Kier alpha value is -0.870. The summed E-state index contributed by atoms with van der Waals surface area (Å²) < 4.78 is 7.18. The number of aromatic nitrogens is 2. The summed E-state index contributed by atoms with van der Waals surface area (Å²) in [7, 11) is 3.61. The first-order chi connectivity index (χ1) is 6.20. The minimum Gasteiger partial charge on any atom is -0.379 e. The second-order valence-corrected chi connectivity index (χ2v) is 3.10. The summed E-state index contributed by atoms with van der Waals surface area (Å²) in [5.41, 5.74) is 6.00. The average molecular weight is 183 g/mol. The molecule has 1 aromatic rings. The zero-order valence-corrected chi connectivity index (χ0v) is 8.40. The molecule has 0 aliphatic heterocycles. The summed E-state index contributed by atoms with van der Waals surface area (Å²) in [6, 6.07) is -0.144. The highest BCUT2D eigenvalue weighted by Crippen LogP contribution is 2.15. The first-order valence-electron chi connectivity index (χ1n) is 4.46. The second kappa shape index (κ2) is 4.39. The van der Waals surface area contributed by atoms with Gasteiger partial charge in [0.15, 0.2) is 0 Å². The zero-order valence-electron chi connectivity index (χ0n) is 8.40. The van der Waals surface area contributed by atoms with E-state index in [1.165, 1.54) is 0 Å². The Morgan fingerprint density at radius 3 is 2.77 bits per heavy atom. The van der Waals surface area contributed by atoms with Crippen molar-refractivity contribution in [3.05, 3.63) is 18.2 Å². The topological polar surface area (TPSA) is 53.1 Å². The number of ether oxygens (including phenoxy) is 1. The van der Waals surface area contributed by atoms with Gasteiger partial charge in [0, 0.05) is 26.6 Å². The molecule has 2 atom stereocenters. The fraction of sp³-hybridized carbons (Fsp3) is 0.667. The second-order valence-electron chi connectivity index (χ2n) is 3.10. The van der Waals surface area contributed by atoms with E-state index in [0.717, 1.165) is 12.2 Å². The smallest absolute Gasteiger partial charge is 0.128 e. The summed E-state index contributed by atoms with van der Waals surface area (Å²) in [4.78, 5) is 4.19. The Morgan fingerprint density at radius 1 is 1.69 bits per heavy atom. The van der Waals surface area contributed by atoms with Gasteiger partial charge in [-0.2, -0.15) is 0 Å². The molecule has 2 unspecified atom stereocenters. The lowest BCUT2D eigenvalue weighted by molar-refractivity contribution is 0.0740. The number of nitrogens with two attached hydrogens (primary N) is 1. The molecule has 2 N–H and O–H groups in total. The van der Waals surface area contributed by atoms with E-state index in [4.69, 9.17) is 10.5 Å². The van der Waals surface area contributed by atoms with Crippen molar-refractivity contribution in [1.29, 1.82) is 0 Å². The maximum atomic E-state index is 6.00. The van der Waals surface area contributed by atoms with Crippen LogP contribution in [0.1, 0.15) is 25.2 Å². The summed E-state index contributed by atoms with van der Waals surface area (Å²) in [5.74, 6) is 0.869. The number of hydrogen-bond acceptors (Lipinski definition) is 3. The third-order valence-corrected chi connectivity index (χ3v) is 2.26. The lowest BCUT2D eigenvalue weighted by atomic mass is 10.1. The Bertz CT molecular complexity index is 255. The van der Waals surface area contributed by atoms with Crippen molar-refractivity contribution in [2.75, 3.05) is 7.11 Å². The highest BCUT2D eigenvalue weighted by atomic mass is 16.5. The molecule has 0 aliphatic rings. The Labute approximate surface area is 78.7 Å². The van der Waals surface area contributed by atoms with E-state index in [9.17, 15) is 0 Å². The van der Waals surface area contributed by atoms with Crippen molar-refractivity contribution in [2.24, 2.45) is 12.8 Å². The fourth-order valence-corrected chi connectivity index (χ4v) is 1.43. The van der Waals surface area contributed by atoms with Gasteiger partial charge >= 0.3 is 0 Å². The summed E-state index contributed by atoms with van der Waals surface area (Å²) >= 11 is 0. The van der Waals surface area contributed by atoms with Crippen LogP contribution < -0.4 is 5.73 Å². The van der Waals surface area contributed by atoms with Crippen LogP contribution in [0.5, 0.6) is 0 Å². The highest BCUT2D eigenvalue weighted by molar-refractivity contribution is 5.00. The summed E-state index contributed by atoms with van der Waals surface area (Å²) in [5, 5.41) is 0. The summed E-state index contributed by atoms with van der Waals surface area (Å²) in [6.45, 7) is 2.05. The van der Waals surface area contributed by atoms with Gasteiger partial charge in [0.2, 0.25) is 0 Å². The molecule has 1 heterocycles. The van der Waals surface area contributed by atoms with E-state index in [-0.39, 0.29) is 12.1 Å². The van der Waals surface area contributed by atoms with Crippen LogP contribution in [0.15, 0.2) is 12.4 Å². The zero-order chi connectivity index (χ0) is 9.84. The van der Waals surface area contributed by atoms with Crippen LogP contribution in [-0.2, 0) is 11.8 Å². The number of rotatable bonds is 4. The molecular formula is C9H17N3O. The average Bonchev–Trinajstić information content (AvgIpc) is 2.53. The van der Waals surface area contributed by atoms with Crippen molar-refractivity contribution in [1.82, 2.24) is 9.55 Å². The Balaban J connectivity index is 2.77. The van der Waals surface area contributed by atoms with Crippen LogP contribution in [-0.4, -0.2) is 22.8 Å². The van der Waals surface area contributed by atoms with Gasteiger partial charge in [-0.25, -0.2) is 4.98 Å². The van der Waals surface area contributed by atoms with Gasteiger partial charge < -0.3 is 15.0 Å². The Kier molecular flexibility index (Phi) is 3.45. The molecule has 0 radical (unpaired) electrons. The number of methoxy groups -OCH3 is 1. The van der Waals surface area contributed by atoms with Crippen LogP contribution in [0.25, 0.3) is 0 Å². The monoisotopic (exact) mass is 183 g/mol. The SMILES string of the molecule is CCC(OC)C(N)c1nccn1C.